The molecule has 3 aliphatic rings. The highest BCUT2D eigenvalue weighted by atomic mass is 35.5. The molecule has 2 aromatic rings. The zero-order valence-electron chi connectivity index (χ0n) is 22.1. The van der Waals surface area contributed by atoms with Crippen molar-refractivity contribution in [1.29, 1.82) is 0 Å². The van der Waals surface area contributed by atoms with E-state index in [1.807, 2.05) is 33.8 Å². The molecule has 0 bridgehead atoms. The van der Waals surface area contributed by atoms with Gasteiger partial charge in [0.1, 0.15) is 0 Å². The highest BCUT2D eigenvalue weighted by molar-refractivity contribution is 6.34. The van der Waals surface area contributed by atoms with Gasteiger partial charge in [0, 0.05) is 42.2 Å². The van der Waals surface area contributed by atoms with E-state index in [0.29, 0.717) is 46.7 Å². The van der Waals surface area contributed by atoms with E-state index in [1.54, 1.807) is 4.90 Å². The summed E-state index contributed by atoms with van der Waals surface area (Å²) in [5.74, 6) is 0.471. The van der Waals surface area contributed by atoms with Crippen LogP contribution in [0.25, 0.3) is 0 Å². The highest BCUT2D eigenvalue weighted by Crippen LogP contribution is 2.53. The van der Waals surface area contributed by atoms with E-state index < -0.39 is 5.79 Å². The lowest BCUT2D eigenvalue weighted by molar-refractivity contribution is -0.123. The Kier molecular flexibility index (Phi) is 6.36. The number of carbonyl (C=O) groups excluding carboxylic acids is 1. The van der Waals surface area contributed by atoms with Gasteiger partial charge in [0.05, 0.1) is 17.1 Å². The summed E-state index contributed by atoms with van der Waals surface area (Å²) in [6.07, 6.45) is 4.84. The Hall–Kier alpha value is -2.51. The number of benzene rings is 1. The number of nitrogens with zero attached hydrogens (tertiary/aromatic N) is 2. The van der Waals surface area contributed by atoms with Crippen molar-refractivity contribution in [3.8, 4) is 11.5 Å². The molecular formula is C28H36ClN3O4. The molecule has 1 fully saturated rings. The van der Waals surface area contributed by atoms with E-state index in [1.165, 1.54) is 0 Å². The van der Waals surface area contributed by atoms with Gasteiger partial charge in [-0.15, -0.1) is 0 Å². The molecule has 5 rings (SSSR count). The number of nitrogens with one attached hydrogen (secondary N) is 1. The van der Waals surface area contributed by atoms with Crippen LogP contribution in [0.1, 0.15) is 70.9 Å². The van der Waals surface area contributed by atoms with Crippen molar-refractivity contribution in [1.82, 2.24) is 14.8 Å². The lowest BCUT2D eigenvalue weighted by Crippen LogP contribution is -2.46. The van der Waals surface area contributed by atoms with Crippen LogP contribution in [0.2, 0.25) is 5.02 Å². The second-order valence-electron chi connectivity index (χ2n) is 11.1. The topological polar surface area (TPSA) is 74.9 Å². The summed E-state index contributed by atoms with van der Waals surface area (Å²) >= 11 is 6.88. The van der Waals surface area contributed by atoms with Crippen LogP contribution >= 0.6 is 11.6 Å². The quantitative estimate of drug-likeness (QED) is 0.638. The fraction of sp³-hybridized carbons (Fsp3) is 0.571. The van der Waals surface area contributed by atoms with Crippen molar-refractivity contribution < 1.29 is 14.3 Å². The molecule has 1 aliphatic carbocycles. The summed E-state index contributed by atoms with van der Waals surface area (Å²) in [6, 6.07) is 2.52. The fourth-order valence-electron chi connectivity index (χ4n) is 6.23. The Balaban J connectivity index is 1.43. The maximum Gasteiger partial charge on any atom is 0.254 e. The van der Waals surface area contributed by atoms with Crippen LogP contribution in [0.15, 0.2) is 10.9 Å². The van der Waals surface area contributed by atoms with Gasteiger partial charge in [-0.1, -0.05) is 11.6 Å². The van der Waals surface area contributed by atoms with Crippen LogP contribution in [-0.2, 0) is 13.0 Å². The van der Waals surface area contributed by atoms with Crippen molar-refractivity contribution in [3.63, 3.8) is 0 Å². The standard InChI is InChI=1S/C28H36ClN3O4/c1-15-13-16(2)30-26(33)21(15)14-32-12-11-20-22(27(32)34)17(3)24-25(23(20)29)36-28(4,35-24)18-7-9-19(10-8-18)31(5)6/h13,18-19H,7-12,14H2,1-6H3,(H,30,33)/t18-,19-,28?. The van der Waals surface area contributed by atoms with Gasteiger partial charge < -0.3 is 24.3 Å². The summed E-state index contributed by atoms with van der Waals surface area (Å²) in [4.78, 5) is 33.2. The molecule has 7 nitrogen and oxygen atoms in total. The van der Waals surface area contributed by atoms with E-state index in [4.69, 9.17) is 21.1 Å². The number of fused-ring (bicyclic) bond motifs is 2. The van der Waals surface area contributed by atoms with E-state index in [9.17, 15) is 9.59 Å². The molecule has 3 heterocycles. The van der Waals surface area contributed by atoms with Crippen LogP contribution in [0.4, 0.5) is 0 Å². The number of aromatic amines is 1. The lowest BCUT2D eigenvalue weighted by Gasteiger charge is -2.39. The molecule has 1 aromatic heterocycles. The summed E-state index contributed by atoms with van der Waals surface area (Å²) in [6.45, 7) is 8.44. The summed E-state index contributed by atoms with van der Waals surface area (Å²) in [7, 11) is 4.27. The number of carbonyl (C=O) groups is 1. The maximum absolute atomic E-state index is 13.7. The molecule has 2 aliphatic heterocycles. The monoisotopic (exact) mass is 513 g/mol. The first-order chi connectivity index (χ1) is 17.0. The van der Waals surface area contributed by atoms with Crippen LogP contribution in [-0.4, -0.2) is 53.2 Å². The molecule has 36 heavy (non-hydrogen) atoms. The SMILES string of the molecule is Cc1cc(C)c(CN2CCc3c(Cl)c4c(c(C)c3C2=O)OC(C)([C@H]2CC[C@H](N(C)C)CC2)O4)c(=O)[nH]1. The molecule has 1 saturated carbocycles. The highest BCUT2D eigenvalue weighted by Gasteiger charge is 2.48. The number of ether oxygens (including phenoxy) is 2. The smallest absolute Gasteiger partial charge is 0.254 e. The van der Waals surface area contributed by atoms with Gasteiger partial charge in [-0.25, -0.2) is 0 Å². The van der Waals surface area contributed by atoms with E-state index >= 15 is 0 Å². The van der Waals surface area contributed by atoms with Crippen LogP contribution in [0.3, 0.4) is 0 Å². The summed E-state index contributed by atoms with van der Waals surface area (Å²) in [5, 5.41) is 0.480. The minimum atomic E-state index is -0.799. The summed E-state index contributed by atoms with van der Waals surface area (Å²) in [5.41, 5.74) is 4.32. The average molecular weight is 514 g/mol. The van der Waals surface area contributed by atoms with Gasteiger partial charge in [0.2, 0.25) is 0 Å². The number of halogens is 1. The number of hydrogen-bond donors (Lipinski definition) is 1. The first kappa shape index (κ1) is 25.2. The third-order valence-corrected chi connectivity index (χ3v) is 8.84. The molecule has 0 spiro atoms. The van der Waals surface area contributed by atoms with E-state index in [2.05, 4.69) is 24.0 Å². The Morgan fingerprint density at radius 3 is 2.42 bits per heavy atom. The number of amides is 1. The molecular weight excluding hydrogens is 478 g/mol. The van der Waals surface area contributed by atoms with E-state index in [0.717, 1.165) is 48.1 Å². The Labute approximate surface area is 217 Å². The predicted octanol–water partition coefficient (Wildman–Crippen LogP) is 4.76. The summed E-state index contributed by atoms with van der Waals surface area (Å²) < 4.78 is 13.0. The maximum atomic E-state index is 13.7. The molecule has 194 valence electrons. The third-order valence-electron chi connectivity index (χ3n) is 8.44. The molecule has 0 saturated heterocycles. The van der Waals surface area contributed by atoms with E-state index in [-0.39, 0.29) is 23.9 Å². The number of rotatable bonds is 4. The minimum absolute atomic E-state index is 0.124. The minimum Gasteiger partial charge on any atom is -0.448 e. The predicted molar refractivity (Wildman–Crippen MR) is 140 cm³/mol. The molecule has 1 N–H and O–H groups in total. The number of H-pyrrole nitrogens is 1. The second kappa shape index (κ2) is 9.10. The molecule has 1 aromatic carbocycles. The third kappa shape index (κ3) is 4.10. The lowest BCUT2D eigenvalue weighted by atomic mass is 9.81. The van der Waals surface area contributed by atoms with Gasteiger partial charge >= 0.3 is 0 Å². The van der Waals surface area contributed by atoms with Crippen LogP contribution in [0, 0.1) is 26.7 Å². The van der Waals surface area contributed by atoms with Crippen molar-refractivity contribution >= 4 is 17.5 Å². The van der Waals surface area contributed by atoms with Crippen molar-refractivity contribution in [2.45, 2.75) is 78.2 Å². The van der Waals surface area contributed by atoms with Gasteiger partial charge in [-0.05, 0) is 84.2 Å². The molecule has 1 unspecified atom stereocenters. The van der Waals surface area contributed by atoms with Crippen LogP contribution < -0.4 is 15.0 Å². The first-order valence-electron chi connectivity index (χ1n) is 12.9. The van der Waals surface area contributed by atoms with Gasteiger partial charge in [-0.2, -0.15) is 0 Å². The van der Waals surface area contributed by atoms with Crippen molar-refractivity contribution in [2.75, 3.05) is 20.6 Å². The number of aromatic nitrogens is 1. The van der Waals surface area contributed by atoms with Gasteiger partial charge in [0.15, 0.2) is 11.5 Å². The van der Waals surface area contributed by atoms with Gasteiger partial charge in [-0.3, -0.25) is 9.59 Å². The number of hydrogen-bond acceptors (Lipinski definition) is 5. The van der Waals surface area contributed by atoms with Crippen molar-refractivity contribution in [3.05, 3.63) is 55.0 Å². The largest absolute Gasteiger partial charge is 0.448 e. The fourth-order valence-corrected chi connectivity index (χ4v) is 6.54. The normalized spacial score (nSPS) is 25.4. The average Bonchev–Trinajstić information content (AvgIpc) is 3.20. The van der Waals surface area contributed by atoms with Crippen molar-refractivity contribution in [2.24, 2.45) is 5.92 Å². The number of aryl methyl sites for hydroxylation is 2. The zero-order chi connectivity index (χ0) is 25.9. The first-order valence-corrected chi connectivity index (χ1v) is 13.3. The Bertz CT molecular complexity index is 1280. The zero-order valence-corrected chi connectivity index (χ0v) is 22.8. The molecule has 0 radical (unpaired) electrons. The van der Waals surface area contributed by atoms with Gasteiger partial charge in [0.25, 0.3) is 17.3 Å². The molecule has 1 amide bonds. The Morgan fingerprint density at radius 2 is 1.78 bits per heavy atom. The molecule has 8 heteroatoms. The Morgan fingerprint density at radius 1 is 1.11 bits per heavy atom. The number of pyridine rings is 1. The second-order valence-corrected chi connectivity index (χ2v) is 11.4. The van der Waals surface area contributed by atoms with Crippen LogP contribution in [0.5, 0.6) is 11.5 Å². The molecule has 1 atom stereocenters.